The fourth-order valence-corrected chi connectivity index (χ4v) is 1.76. The number of rotatable bonds is 7. The molecular weight excluding hydrogens is 260 g/mol. The molecule has 0 aromatic rings. The van der Waals surface area contributed by atoms with Gasteiger partial charge in [0.2, 0.25) is 0 Å². The minimum atomic E-state index is -1.37. The van der Waals surface area contributed by atoms with Gasteiger partial charge in [-0.25, -0.2) is 0 Å². The molecule has 0 radical (unpaired) electrons. The number of nitriles is 2. The van der Waals surface area contributed by atoms with Gasteiger partial charge in [0.1, 0.15) is 0 Å². The Labute approximate surface area is 119 Å². The molecule has 6 heteroatoms. The van der Waals surface area contributed by atoms with Crippen molar-refractivity contribution >= 4 is 11.9 Å². The third-order valence-electron chi connectivity index (χ3n) is 3.42. The van der Waals surface area contributed by atoms with E-state index in [1.807, 2.05) is 12.1 Å². The van der Waals surface area contributed by atoms with Crippen molar-refractivity contribution in [3.05, 3.63) is 0 Å². The molecule has 20 heavy (non-hydrogen) atoms. The Morgan fingerprint density at radius 1 is 1.10 bits per heavy atom. The molecule has 2 unspecified atom stereocenters. The number of carbonyl (C=O) groups excluding carboxylic acids is 2. The highest BCUT2D eigenvalue weighted by atomic mass is 16.5. The van der Waals surface area contributed by atoms with E-state index in [-0.39, 0.29) is 25.9 Å². The molecule has 0 aliphatic rings. The molecule has 0 N–H and O–H groups in total. The van der Waals surface area contributed by atoms with E-state index >= 15 is 0 Å². The summed E-state index contributed by atoms with van der Waals surface area (Å²) in [6.45, 7) is 4.95. The highest BCUT2D eigenvalue weighted by Crippen LogP contribution is 2.35. The van der Waals surface area contributed by atoms with Crippen LogP contribution in [0.5, 0.6) is 0 Å². The summed E-state index contributed by atoms with van der Waals surface area (Å²) in [6.07, 6.45) is 0.370. The highest BCUT2D eigenvalue weighted by molar-refractivity contribution is 5.81. The maximum absolute atomic E-state index is 11.8. The van der Waals surface area contributed by atoms with Gasteiger partial charge in [0, 0.05) is 0 Å². The summed E-state index contributed by atoms with van der Waals surface area (Å²) >= 11 is 0. The van der Waals surface area contributed by atoms with Gasteiger partial charge < -0.3 is 9.47 Å². The average Bonchev–Trinajstić information content (AvgIpc) is 2.48. The number of esters is 2. The zero-order valence-corrected chi connectivity index (χ0v) is 12.4. The third-order valence-corrected chi connectivity index (χ3v) is 3.42. The first kappa shape index (κ1) is 17.9. The van der Waals surface area contributed by atoms with Crippen LogP contribution in [0.15, 0.2) is 0 Å². The zero-order valence-electron chi connectivity index (χ0n) is 12.4. The average molecular weight is 280 g/mol. The number of hydrogen-bond acceptors (Lipinski definition) is 6. The molecule has 0 saturated heterocycles. The maximum Gasteiger partial charge on any atom is 0.326 e. The Bertz CT molecular complexity index is 449. The van der Waals surface area contributed by atoms with Crippen LogP contribution in [0.1, 0.15) is 40.0 Å². The van der Waals surface area contributed by atoms with Crippen molar-refractivity contribution in [1.82, 2.24) is 0 Å². The molecule has 0 spiro atoms. The van der Waals surface area contributed by atoms with Gasteiger partial charge in [-0.3, -0.25) is 9.59 Å². The van der Waals surface area contributed by atoms with Crippen LogP contribution >= 0.6 is 0 Å². The standard InChI is InChI=1S/C14H20N2O4/c1-5-14(10-16,12(18)19-4)8-7-13(3,9-15)11(17)20-6-2/h5-8H2,1-4H3. The summed E-state index contributed by atoms with van der Waals surface area (Å²) in [6, 6.07) is 3.85. The van der Waals surface area contributed by atoms with Gasteiger partial charge in [-0.1, -0.05) is 6.92 Å². The van der Waals surface area contributed by atoms with E-state index in [0.717, 1.165) is 0 Å². The lowest BCUT2D eigenvalue weighted by molar-refractivity contribution is -0.154. The van der Waals surface area contributed by atoms with E-state index < -0.39 is 22.8 Å². The van der Waals surface area contributed by atoms with Crippen LogP contribution in [0.4, 0.5) is 0 Å². The first-order valence-electron chi connectivity index (χ1n) is 6.44. The number of nitrogens with zero attached hydrogens (tertiary/aromatic N) is 2. The van der Waals surface area contributed by atoms with E-state index in [9.17, 15) is 20.1 Å². The fraction of sp³-hybridized carbons (Fsp3) is 0.714. The summed E-state index contributed by atoms with van der Waals surface area (Å²) < 4.78 is 9.50. The van der Waals surface area contributed by atoms with Crippen molar-refractivity contribution < 1.29 is 19.1 Å². The summed E-state index contributed by atoms with van der Waals surface area (Å²) in [5.41, 5.74) is -2.71. The molecular formula is C14H20N2O4. The molecule has 110 valence electrons. The van der Waals surface area contributed by atoms with Crippen LogP contribution in [0.3, 0.4) is 0 Å². The SMILES string of the molecule is CCOC(=O)C(C)(C#N)CCC(C#N)(CC)C(=O)OC. The Morgan fingerprint density at radius 3 is 2.05 bits per heavy atom. The lowest BCUT2D eigenvalue weighted by atomic mass is 9.76. The molecule has 0 aliphatic carbocycles. The van der Waals surface area contributed by atoms with Gasteiger partial charge in [-0.15, -0.1) is 0 Å². The topological polar surface area (TPSA) is 100 Å². The molecule has 0 aliphatic heterocycles. The van der Waals surface area contributed by atoms with Crippen LogP contribution < -0.4 is 0 Å². The van der Waals surface area contributed by atoms with Gasteiger partial charge in [0.15, 0.2) is 10.8 Å². The molecule has 0 heterocycles. The summed E-state index contributed by atoms with van der Waals surface area (Å²) in [5, 5.41) is 18.4. The first-order valence-corrected chi connectivity index (χ1v) is 6.44. The monoisotopic (exact) mass is 280 g/mol. The number of ether oxygens (including phenoxy) is 2. The molecule has 0 rings (SSSR count). The normalized spacial score (nSPS) is 15.9. The van der Waals surface area contributed by atoms with Crippen LogP contribution in [-0.4, -0.2) is 25.7 Å². The Morgan fingerprint density at radius 2 is 1.70 bits per heavy atom. The smallest absolute Gasteiger partial charge is 0.326 e. The van der Waals surface area contributed by atoms with E-state index in [2.05, 4.69) is 4.74 Å². The maximum atomic E-state index is 11.8. The van der Waals surface area contributed by atoms with Crippen molar-refractivity contribution in [2.24, 2.45) is 10.8 Å². The van der Waals surface area contributed by atoms with Crippen molar-refractivity contribution in [1.29, 1.82) is 10.5 Å². The van der Waals surface area contributed by atoms with E-state index in [1.165, 1.54) is 14.0 Å². The van der Waals surface area contributed by atoms with E-state index in [4.69, 9.17) is 4.74 Å². The van der Waals surface area contributed by atoms with Crippen molar-refractivity contribution in [2.45, 2.75) is 40.0 Å². The Balaban J connectivity index is 5.12. The van der Waals surface area contributed by atoms with Gasteiger partial charge in [0.25, 0.3) is 0 Å². The van der Waals surface area contributed by atoms with Gasteiger partial charge in [-0.2, -0.15) is 10.5 Å². The number of methoxy groups -OCH3 is 1. The Hall–Kier alpha value is -2.08. The highest BCUT2D eigenvalue weighted by Gasteiger charge is 2.43. The number of carbonyl (C=O) groups is 2. The summed E-state index contributed by atoms with van der Waals surface area (Å²) in [5.74, 6) is -1.29. The lowest BCUT2D eigenvalue weighted by Crippen LogP contribution is -2.35. The predicted octanol–water partition coefficient (Wildman–Crippen LogP) is 1.95. The van der Waals surface area contributed by atoms with E-state index in [1.54, 1.807) is 13.8 Å². The largest absolute Gasteiger partial charge is 0.468 e. The second-order valence-corrected chi connectivity index (χ2v) is 4.70. The van der Waals surface area contributed by atoms with Gasteiger partial charge >= 0.3 is 11.9 Å². The quantitative estimate of drug-likeness (QED) is 0.661. The molecule has 0 aromatic carbocycles. The van der Waals surface area contributed by atoms with Crippen LogP contribution in [-0.2, 0) is 19.1 Å². The molecule has 6 nitrogen and oxygen atoms in total. The zero-order chi connectivity index (χ0) is 15.8. The van der Waals surface area contributed by atoms with Crippen LogP contribution in [0.25, 0.3) is 0 Å². The second kappa shape index (κ2) is 7.49. The summed E-state index contributed by atoms with van der Waals surface area (Å²) in [4.78, 5) is 23.5. The fourth-order valence-electron chi connectivity index (χ4n) is 1.76. The summed E-state index contributed by atoms with van der Waals surface area (Å²) in [7, 11) is 1.21. The molecule has 0 bridgehead atoms. The number of hydrogen-bond donors (Lipinski definition) is 0. The molecule has 0 amide bonds. The van der Waals surface area contributed by atoms with Crippen LogP contribution in [0, 0.1) is 33.5 Å². The Kier molecular flexibility index (Phi) is 6.72. The van der Waals surface area contributed by atoms with Crippen molar-refractivity contribution in [2.75, 3.05) is 13.7 Å². The second-order valence-electron chi connectivity index (χ2n) is 4.70. The molecule has 0 fully saturated rings. The lowest BCUT2D eigenvalue weighted by Gasteiger charge is -2.26. The van der Waals surface area contributed by atoms with Crippen molar-refractivity contribution in [3.63, 3.8) is 0 Å². The third kappa shape index (κ3) is 3.71. The van der Waals surface area contributed by atoms with Gasteiger partial charge in [-0.05, 0) is 33.1 Å². The first-order chi connectivity index (χ1) is 9.35. The molecule has 0 saturated carbocycles. The minimum absolute atomic E-state index is 0.0544. The molecule has 2 atom stereocenters. The van der Waals surface area contributed by atoms with Gasteiger partial charge in [0.05, 0.1) is 25.9 Å². The van der Waals surface area contributed by atoms with E-state index in [0.29, 0.717) is 0 Å². The minimum Gasteiger partial charge on any atom is -0.468 e. The van der Waals surface area contributed by atoms with Crippen LogP contribution in [0.2, 0.25) is 0 Å². The molecule has 0 aromatic heterocycles. The predicted molar refractivity (Wildman–Crippen MR) is 69.9 cm³/mol. The van der Waals surface area contributed by atoms with Crippen molar-refractivity contribution in [3.8, 4) is 12.1 Å².